The first-order valence-electron chi connectivity index (χ1n) is 6.85. The van der Waals surface area contributed by atoms with Gasteiger partial charge < -0.3 is 10.1 Å². The lowest BCUT2D eigenvalue weighted by Gasteiger charge is -2.31. The van der Waals surface area contributed by atoms with Crippen molar-refractivity contribution in [3.63, 3.8) is 0 Å². The fourth-order valence-corrected chi connectivity index (χ4v) is 3.26. The van der Waals surface area contributed by atoms with Crippen LogP contribution in [0.3, 0.4) is 0 Å². The molecule has 0 aromatic heterocycles. The molecular weight excluding hydrogens is 356 g/mol. The van der Waals surface area contributed by atoms with Crippen molar-refractivity contribution in [1.29, 1.82) is 5.26 Å². The molecule has 1 aromatic rings. The minimum absolute atomic E-state index is 0.121. The molecule has 0 heterocycles. The first-order valence-corrected chi connectivity index (χ1v) is 8.02. The molecule has 0 bridgehead atoms. The molecule has 1 N–H and O–H groups in total. The second-order valence-corrected chi connectivity index (χ2v) is 6.46. The van der Waals surface area contributed by atoms with Gasteiger partial charge in [0, 0.05) is 5.02 Å². The van der Waals surface area contributed by atoms with Crippen molar-refractivity contribution in [2.75, 3.05) is 6.61 Å². The number of nitriles is 1. The number of nitrogens with zero attached hydrogens (tertiary/aromatic N) is 1. The number of carbonyl (C=O) groups is 1. The Morgan fingerprint density at radius 1 is 1.43 bits per heavy atom. The number of halogens is 2. The van der Waals surface area contributed by atoms with E-state index >= 15 is 0 Å². The molecule has 0 aliphatic heterocycles. The number of hydrogen-bond donors (Lipinski definition) is 1. The highest BCUT2D eigenvalue weighted by molar-refractivity contribution is 9.10. The van der Waals surface area contributed by atoms with E-state index in [-0.39, 0.29) is 12.5 Å². The van der Waals surface area contributed by atoms with Crippen LogP contribution in [0, 0.1) is 11.3 Å². The van der Waals surface area contributed by atoms with E-state index in [1.807, 2.05) is 0 Å². The van der Waals surface area contributed by atoms with Crippen molar-refractivity contribution in [3.8, 4) is 11.8 Å². The predicted octanol–water partition coefficient (Wildman–Crippen LogP) is 3.82. The predicted molar refractivity (Wildman–Crippen MR) is 84.2 cm³/mol. The van der Waals surface area contributed by atoms with Crippen LogP contribution < -0.4 is 10.1 Å². The lowest BCUT2D eigenvalue weighted by molar-refractivity contribution is -0.124. The summed E-state index contributed by atoms with van der Waals surface area (Å²) in [6, 6.07) is 7.34. The summed E-state index contributed by atoms with van der Waals surface area (Å²) < 4.78 is 6.15. The lowest BCUT2D eigenvalue weighted by Crippen LogP contribution is -2.50. The van der Waals surface area contributed by atoms with Gasteiger partial charge in [-0.2, -0.15) is 5.26 Å². The first-order chi connectivity index (χ1) is 10.0. The molecule has 0 atom stereocenters. The number of nitrogens with one attached hydrogen (secondary N) is 1. The fraction of sp³-hybridized carbons (Fsp3) is 0.467. The van der Waals surface area contributed by atoms with Gasteiger partial charge in [0.2, 0.25) is 0 Å². The van der Waals surface area contributed by atoms with Crippen LogP contribution in [0.1, 0.15) is 32.1 Å². The van der Waals surface area contributed by atoms with E-state index in [0.29, 0.717) is 28.1 Å². The molecule has 4 nitrogen and oxygen atoms in total. The molecule has 6 heteroatoms. The van der Waals surface area contributed by atoms with Gasteiger partial charge in [-0.25, -0.2) is 0 Å². The van der Waals surface area contributed by atoms with Crippen LogP contribution >= 0.6 is 27.5 Å². The number of benzene rings is 1. The van der Waals surface area contributed by atoms with E-state index < -0.39 is 5.54 Å². The molecular formula is C15H16BrClN2O2. The summed E-state index contributed by atoms with van der Waals surface area (Å²) in [4.78, 5) is 12.0. The second-order valence-electron chi connectivity index (χ2n) is 5.17. The molecule has 112 valence electrons. The monoisotopic (exact) mass is 370 g/mol. The standard InChI is InChI=1S/C15H16BrClN2O2/c16-12-8-11(17)4-5-13(12)21-9-14(20)19-15(10-18)6-2-1-3-7-15/h4-5,8H,1-3,6-7,9H2,(H,19,20). The Morgan fingerprint density at radius 3 is 2.76 bits per heavy atom. The summed E-state index contributed by atoms with van der Waals surface area (Å²) >= 11 is 9.17. The Kier molecular flexibility index (Phi) is 5.49. The van der Waals surface area contributed by atoms with E-state index in [2.05, 4.69) is 27.3 Å². The SMILES string of the molecule is N#CC1(NC(=O)COc2ccc(Cl)cc2Br)CCCCC1. The molecule has 1 fully saturated rings. The van der Waals surface area contributed by atoms with Gasteiger partial charge in [-0.1, -0.05) is 30.9 Å². The van der Waals surface area contributed by atoms with E-state index in [4.69, 9.17) is 16.3 Å². The maximum atomic E-state index is 12.0. The third kappa shape index (κ3) is 4.36. The van der Waals surface area contributed by atoms with Gasteiger partial charge in [0.15, 0.2) is 6.61 Å². The van der Waals surface area contributed by atoms with Crippen molar-refractivity contribution in [1.82, 2.24) is 5.32 Å². The van der Waals surface area contributed by atoms with Gasteiger partial charge >= 0.3 is 0 Å². The average molecular weight is 372 g/mol. The van der Waals surface area contributed by atoms with Crippen LogP contribution in [0.25, 0.3) is 0 Å². The Hall–Kier alpha value is -1.25. The van der Waals surface area contributed by atoms with Crippen LogP contribution in [-0.4, -0.2) is 18.1 Å². The van der Waals surface area contributed by atoms with Crippen molar-refractivity contribution >= 4 is 33.4 Å². The number of rotatable bonds is 4. The average Bonchev–Trinajstić information content (AvgIpc) is 2.47. The largest absolute Gasteiger partial charge is 0.483 e. The topological polar surface area (TPSA) is 62.1 Å². The van der Waals surface area contributed by atoms with Crippen molar-refractivity contribution in [3.05, 3.63) is 27.7 Å². The minimum Gasteiger partial charge on any atom is -0.483 e. The Labute approximate surface area is 137 Å². The third-order valence-electron chi connectivity index (χ3n) is 3.55. The molecule has 1 aromatic carbocycles. The number of ether oxygens (including phenoxy) is 1. The van der Waals surface area contributed by atoms with E-state index in [1.165, 1.54) is 0 Å². The summed E-state index contributed by atoms with van der Waals surface area (Å²) in [6.45, 7) is -0.121. The summed E-state index contributed by atoms with van der Waals surface area (Å²) in [5.74, 6) is 0.268. The molecule has 1 aliphatic rings. The first kappa shape index (κ1) is 16.1. The Morgan fingerprint density at radius 2 is 2.14 bits per heavy atom. The zero-order valence-corrected chi connectivity index (χ0v) is 13.8. The van der Waals surface area contributed by atoms with Crippen LogP contribution in [0.5, 0.6) is 5.75 Å². The molecule has 0 spiro atoms. The number of hydrogen-bond acceptors (Lipinski definition) is 3. The summed E-state index contributed by atoms with van der Waals surface area (Å²) in [5, 5.41) is 12.7. The zero-order chi connectivity index (χ0) is 15.3. The van der Waals surface area contributed by atoms with E-state index in [0.717, 1.165) is 19.3 Å². The van der Waals surface area contributed by atoms with Crippen LogP contribution in [0.2, 0.25) is 5.02 Å². The Bertz CT molecular complexity index is 565. The summed E-state index contributed by atoms with van der Waals surface area (Å²) in [5.41, 5.74) is -0.726. The van der Waals surface area contributed by atoms with Crippen molar-refractivity contribution in [2.45, 2.75) is 37.6 Å². The second kappa shape index (κ2) is 7.15. The molecule has 0 unspecified atom stereocenters. The van der Waals surface area contributed by atoms with Crippen LogP contribution in [0.4, 0.5) is 0 Å². The maximum Gasteiger partial charge on any atom is 0.259 e. The summed E-state index contributed by atoms with van der Waals surface area (Å²) in [7, 11) is 0. The maximum absolute atomic E-state index is 12.0. The van der Waals surface area contributed by atoms with Gasteiger partial charge in [-0.15, -0.1) is 0 Å². The van der Waals surface area contributed by atoms with Gasteiger partial charge in [0.05, 0.1) is 10.5 Å². The van der Waals surface area contributed by atoms with Gasteiger partial charge in [-0.05, 0) is 47.0 Å². The van der Waals surface area contributed by atoms with Crippen LogP contribution in [0.15, 0.2) is 22.7 Å². The Balaban J connectivity index is 1.91. The highest BCUT2D eigenvalue weighted by atomic mass is 79.9. The zero-order valence-electron chi connectivity index (χ0n) is 11.5. The lowest BCUT2D eigenvalue weighted by atomic mass is 9.83. The van der Waals surface area contributed by atoms with E-state index in [9.17, 15) is 10.1 Å². The molecule has 0 saturated heterocycles. The molecule has 0 radical (unpaired) electrons. The number of carbonyl (C=O) groups excluding carboxylic acids is 1. The van der Waals surface area contributed by atoms with Crippen LogP contribution in [-0.2, 0) is 4.79 Å². The molecule has 21 heavy (non-hydrogen) atoms. The smallest absolute Gasteiger partial charge is 0.259 e. The minimum atomic E-state index is -0.726. The van der Waals surface area contributed by atoms with E-state index in [1.54, 1.807) is 18.2 Å². The third-order valence-corrected chi connectivity index (χ3v) is 4.41. The number of amides is 1. The normalized spacial score (nSPS) is 16.8. The van der Waals surface area contributed by atoms with Gasteiger partial charge in [0.25, 0.3) is 5.91 Å². The fourth-order valence-electron chi connectivity index (χ4n) is 2.46. The van der Waals surface area contributed by atoms with Gasteiger partial charge in [0.1, 0.15) is 11.3 Å². The summed E-state index contributed by atoms with van der Waals surface area (Å²) in [6.07, 6.45) is 4.47. The molecule has 1 amide bonds. The highest BCUT2D eigenvalue weighted by Gasteiger charge is 2.33. The highest BCUT2D eigenvalue weighted by Crippen LogP contribution is 2.29. The molecule has 1 saturated carbocycles. The van der Waals surface area contributed by atoms with Gasteiger partial charge in [-0.3, -0.25) is 4.79 Å². The van der Waals surface area contributed by atoms with Crippen molar-refractivity contribution in [2.24, 2.45) is 0 Å². The molecule has 2 rings (SSSR count). The van der Waals surface area contributed by atoms with Crippen molar-refractivity contribution < 1.29 is 9.53 Å². The molecule has 1 aliphatic carbocycles. The quantitative estimate of drug-likeness (QED) is 0.875.